The van der Waals surface area contributed by atoms with Gasteiger partial charge in [0.15, 0.2) is 17.3 Å². The Hall–Kier alpha value is -2.70. The van der Waals surface area contributed by atoms with Crippen molar-refractivity contribution in [2.75, 3.05) is 0 Å². The van der Waals surface area contributed by atoms with E-state index < -0.39 is 11.8 Å². The first-order valence-electron chi connectivity index (χ1n) is 6.44. The fraction of sp³-hybridized carbons (Fsp3) is 0.214. The standard InChI is InChI=1S/C14H13FN4O2/c1-7(2)19-9-5-3-4-8(15)10(9)18-13(19)11-12(14(20)21)17-6-16-11/h3-7H,1-2H3,(H,16,17)(H,20,21). The van der Waals surface area contributed by atoms with E-state index in [-0.39, 0.29) is 22.9 Å². The molecule has 108 valence electrons. The Morgan fingerprint density at radius 2 is 2.19 bits per heavy atom. The Balaban J connectivity index is 2.37. The second-order valence-electron chi connectivity index (χ2n) is 4.94. The third-order valence-corrected chi connectivity index (χ3v) is 3.25. The summed E-state index contributed by atoms with van der Waals surface area (Å²) >= 11 is 0. The second-order valence-corrected chi connectivity index (χ2v) is 4.94. The molecule has 0 spiro atoms. The molecule has 21 heavy (non-hydrogen) atoms. The van der Waals surface area contributed by atoms with Gasteiger partial charge in [-0.25, -0.2) is 19.2 Å². The number of H-pyrrole nitrogens is 1. The van der Waals surface area contributed by atoms with Gasteiger partial charge in [-0.2, -0.15) is 0 Å². The summed E-state index contributed by atoms with van der Waals surface area (Å²) in [4.78, 5) is 22.1. The molecule has 0 fully saturated rings. The number of halogens is 1. The van der Waals surface area contributed by atoms with Gasteiger partial charge in [0.2, 0.25) is 0 Å². The minimum atomic E-state index is -1.13. The number of aromatic amines is 1. The zero-order chi connectivity index (χ0) is 15.1. The first kappa shape index (κ1) is 13.3. The molecular weight excluding hydrogens is 275 g/mol. The Kier molecular flexibility index (Phi) is 2.97. The topological polar surface area (TPSA) is 83.8 Å². The number of imidazole rings is 2. The number of carbonyl (C=O) groups is 1. The van der Waals surface area contributed by atoms with E-state index in [0.717, 1.165) is 0 Å². The van der Waals surface area contributed by atoms with Crippen molar-refractivity contribution >= 4 is 17.0 Å². The molecule has 2 N–H and O–H groups in total. The SMILES string of the molecule is CC(C)n1c(-c2nc[nH]c2C(=O)O)nc2c(F)cccc21. The van der Waals surface area contributed by atoms with Crippen LogP contribution in [-0.2, 0) is 0 Å². The molecule has 7 heteroatoms. The lowest BCUT2D eigenvalue weighted by Gasteiger charge is -2.12. The highest BCUT2D eigenvalue weighted by Crippen LogP contribution is 2.29. The van der Waals surface area contributed by atoms with Gasteiger partial charge in [-0.15, -0.1) is 0 Å². The van der Waals surface area contributed by atoms with Gasteiger partial charge in [0.05, 0.1) is 11.8 Å². The Labute approximate surface area is 119 Å². The summed E-state index contributed by atoms with van der Waals surface area (Å²) in [5.74, 6) is -1.24. The van der Waals surface area contributed by atoms with Crippen molar-refractivity contribution in [3.05, 3.63) is 36.0 Å². The molecular formula is C14H13FN4O2. The van der Waals surface area contributed by atoms with Gasteiger partial charge in [0.1, 0.15) is 11.2 Å². The second kappa shape index (κ2) is 4.69. The quantitative estimate of drug-likeness (QED) is 0.776. The lowest BCUT2D eigenvalue weighted by atomic mass is 10.2. The largest absolute Gasteiger partial charge is 0.477 e. The molecule has 0 aliphatic rings. The molecule has 0 unspecified atom stereocenters. The average molecular weight is 288 g/mol. The maximum atomic E-state index is 13.9. The van der Waals surface area contributed by atoms with Crippen molar-refractivity contribution in [3.8, 4) is 11.5 Å². The van der Waals surface area contributed by atoms with Gasteiger partial charge in [-0.3, -0.25) is 0 Å². The zero-order valence-corrected chi connectivity index (χ0v) is 11.5. The number of hydrogen-bond donors (Lipinski definition) is 2. The van der Waals surface area contributed by atoms with Crippen LogP contribution in [0.2, 0.25) is 0 Å². The van der Waals surface area contributed by atoms with Crippen LogP contribution >= 0.6 is 0 Å². The van der Waals surface area contributed by atoms with E-state index in [1.807, 2.05) is 13.8 Å². The van der Waals surface area contributed by atoms with Crippen LogP contribution in [-0.4, -0.2) is 30.6 Å². The predicted octanol–water partition coefficient (Wildman–Crippen LogP) is 2.84. The molecule has 3 aromatic rings. The number of aromatic carboxylic acids is 1. The van der Waals surface area contributed by atoms with Gasteiger partial charge in [0, 0.05) is 6.04 Å². The molecule has 0 aliphatic carbocycles. The van der Waals surface area contributed by atoms with E-state index >= 15 is 0 Å². The maximum Gasteiger partial charge on any atom is 0.354 e. The number of carboxylic acids is 1. The van der Waals surface area contributed by atoms with Gasteiger partial charge in [-0.1, -0.05) is 6.07 Å². The Morgan fingerprint density at radius 1 is 1.43 bits per heavy atom. The lowest BCUT2D eigenvalue weighted by molar-refractivity contribution is 0.0692. The number of carboxylic acid groups (broad SMARTS) is 1. The van der Waals surface area contributed by atoms with Crippen molar-refractivity contribution in [1.82, 2.24) is 19.5 Å². The van der Waals surface area contributed by atoms with Gasteiger partial charge in [0.25, 0.3) is 0 Å². The first-order valence-corrected chi connectivity index (χ1v) is 6.44. The van der Waals surface area contributed by atoms with Crippen LogP contribution in [0.15, 0.2) is 24.5 Å². The van der Waals surface area contributed by atoms with Crippen molar-refractivity contribution < 1.29 is 14.3 Å². The van der Waals surface area contributed by atoms with Gasteiger partial charge < -0.3 is 14.7 Å². The minimum absolute atomic E-state index is 0.0230. The number of fused-ring (bicyclic) bond motifs is 1. The van der Waals surface area contributed by atoms with Crippen LogP contribution in [0, 0.1) is 5.82 Å². The van der Waals surface area contributed by atoms with Crippen molar-refractivity contribution in [2.24, 2.45) is 0 Å². The van der Waals surface area contributed by atoms with Gasteiger partial charge >= 0.3 is 5.97 Å². The van der Waals surface area contributed by atoms with Crippen LogP contribution in [0.5, 0.6) is 0 Å². The molecule has 1 aromatic carbocycles. The normalized spacial score (nSPS) is 11.4. The molecule has 0 saturated heterocycles. The van der Waals surface area contributed by atoms with E-state index in [4.69, 9.17) is 0 Å². The molecule has 0 aliphatic heterocycles. The van der Waals surface area contributed by atoms with Crippen LogP contribution in [0.4, 0.5) is 4.39 Å². The molecule has 2 heterocycles. The van der Waals surface area contributed by atoms with Crippen molar-refractivity contribution in [1.29, 1.82) is 0 Å². The van der Waals surface area contributed by atoms with Crippen LogP contribution < -0.4 is 0 Å². The smallest absolute Gasteiger partial charge is 0.354 e. The van der Waals surface area contributed by atoms with Crippen LogP contribution in [0.25, 0.3) is 22.6 Å². The van der Waals surface area contributed by atoms with E-state index in [1.54, 1.807) is 16.7 Å². The van der Waals surface area contributed by atoms with E-state index in [0.29, 0.717) is 11.3 Å². The monoisotopic (exact) mass is 288 g/mol. The molecule has 0 amide bonds. The summed E-state index contributed by atoms with van der Waals surface area (Å²) in [7, 11) is 0. The Morgan fingerprint density at radius 3 is 2.86 bits per heavy atom. The summed E-state index contributed by atoms with van der Waals surface area (Å²) in [5.41, 5.74) is 0.958. The summed E-state index contributed by atoms with van der Waals surface area (Å²) < 4.78 is 15.7. The van der Waals surface area contributed by atoms with Gasteiger partial charge in [-0.05, 0) is 26.0 Å². The fourth-order valence-corrected chi connectivity index (χ4v) is 2.40. The summed E-state index contributed by atoms with van der Waals surface area (Å²) in [6.07, 6.45) is 1.29. The Bertz CT molecular complexity index is 835. The zero-order valence-electron chi connectivity index (χ0n) is 11.5. The summed E-state index contributed by atoms with van der Waals surface area (Å²) in [6, 6.07) is 4.66. The van der Waals surface area contributed by atoms with Crippen LogP contribution in [0.1, 0.15) is 30.4 Å². The number of para-hydroxylation sites is 1. The molecule has 0 radical (unpaired) electrons. The van der Waals surface area contributed by atoms with E-state index in [2.05, 4.69) is 15.0 Å². The molecule has 0 saturated carbocycles. The molecule has 0 atom stereocenters. The summed E-state index contributed by atoms with van der Waals surface area (Å²) in [5, 5.41) is 9.19. The number of nitrogens with one attached hydrogen (secondary N) is 1. The number of benzene rings is 1. The molecule has 2 aromatic heterocycles. The highest BCUT2D eigenvalue weighted by molar-refractivity contribution is 5.93. The molecule has 6 nitrogen and oxygen atoms in total. The first-order chi connectivity index (χ1) is 10.0. The van der Waals surface area contributed by atoms with Crippen LogP contribution in [0.3, 0.4) is 0 Å². The molecule has 0 bridgehead atoms. The maximum absolute atomic E-state index is 13.9. The predicted molar refractivity (Wildman–Crippen MR) is 74.6 cm³/mol. The number of rotatable bonds is 3. The summed E-state index contributed by atoms with van der Waals surface area (Å²) in [6.45, 7) is 3.84. The van der Waals surface area contributed by atoms with Crippen molar-refractivity contribution in [2.45, 2.75) is 19.9 Å². The number of aromatic nitrogens is 4. The van der Waals surface area contributed by atoms with E-state index in [1.165, 1.54) is 12.4 Å². The molecule has 3 rings (SSSR count). The van der Waals surface area contributed by atoms with E-state index in [9.17, 15) is 14.3 Å². The fourth-order valence-electron chi connectivity index (χ4n) is 2.40. The van der Waals surface area contributed by atoms with Crippen molar-refractivity contribution in [3.63, 3.8) is 0 Å². The highest BCUT2D eigenvalue weighted by Gasteiger charge is 2.23. The number of nitrogens with zero attached hydrogens (tertiary/aromatic N) is 3. The lowest BCUT2D eigenvalue weighted by Crippen LogP contribution is -2.06. The average Bonchev–Trinajstić information content (AvgIpc) is 3.02. The third-order valence-electron chi connectivity index (χ3n) is 3.25. The highest BCUT2D eigenvalue weighted by atomic mass is 19.1. The third kappa shape index (κ3) is 1.97. The minimum Gasteiger partial charge on any atom is -0.477 e. The number of hydrogen-bond acceptors (Lipinski definition) is 3.